The van der Waals surface area contributed by atoms with Gasteiger partial charge in [-0.15, -0.1) is 0 Å². The second kappa shape index (κ2) is 7.21. The summed E-state index contributed by atoms with van der Waals surface area (Å²) in [6.45, 7) is 3.90. The molecule has 0 bridgehead atoms. The van der Waals surface area contributed by atoms with Crippen LogP contribution in [0.2, 0.25) is 0 Å². The fourth-order valence-electron chi connectivity index (χ4n) is 1.80. The molecule has 0 aromatic heterocycles. The Morgan fingerprint density at radius 1 is 1.26 bits per heavy atom. The number of benzene rings is 1. The van der Waals surface area contributed by atoms with E-state index in [1.165, 1.54) is 12.1 Å². The fourth-order valence-corrected chi connectivity index (χ4v) is 1.80. The van der Waals surface area contributed by atoms with Crippen molar-refractivity contribution < 1.29 is 9.18 Å². The van der Waals surface area contributed by atoms with Gasteiger partial charge in [0, 0.05) is 27.2 Å². The highest BCUT2D eigenvalue weighted by molar-refractivity contribution is 5.77. The van der Waals surface area contributed by atoms with Gasteiger partial charge in [-0.25, -0.2) is 4.39 Å². The van der Waals surface area contributed by atoms with Crippen LogP contribution in [0.15, 0.2) is 18.2 Å². The predicted molar refractivity (Wildman–Crippen MR) is 73.9 cm³/mol. The van der Waals surface area contributed by atoms with Crippen LogP contribution < -0.4 is 5.73 Å². The van der Waals surface area contributed by atoms with Crippen molar-refractivity contribution in [2.24, 2.45) is 5.73 Å². The number of carbonyl (C=O) groups excluding carboxylic acids is 1. The monoisotopic (exact) mass is 267 g/mol. The topological polar surface area (TPSA) is 49.6 Å². The molecule has 0 spiro atoms. The summed E-state index contributed by atoms with van der Waals surface area (Å²) in [5, 5.41) is 0. The Morgan fingerprint density at radius 3 is 2.42 bits per heavy atom. The molecular formula is C14H22FN3O. The number of hydrogen-bond donors (Lipinski definition) is 1. The van der Waals surface area contributed by atoms with Gasteiger partial charge in [0.1, 0.15) is 5.82 Å². The van der Waals surface area contributed by atoms with Crippen molar-refractivity contribution in [1.82, 2.24) is 9.80 Å². The smallest absolute Gasteiger partial charge is 0.236 e. The summed E-state index contributed by atoms with van der Waals surface area (Å²) >= 11 is 0. The fraction of sp³-hybridized carbons (Fsp3) is 0.500. The summed E-state index contributed by atoms with van der Waals surface area (Å²) in [7, 11) is 3.45. The normalized spacial score (nSPS) is 10.8. The highest BCUT2D eigenvalue weighted by atomic mass is 19.1. The van der Waals surface area contributed by atoms with Gasteiger partial charge in [-0.2, -0.15) is 0 Å². The van der Waals surface area contributed by atoms with E-state index in [0.717, 1.165) is 17.7 Å². The summed E-state index contributed by atoms with van der Waals surface area (Å²) < 4.78 is 13.4. The third-order valence-electron chi connectivity index (χ3n) is 2.96. The lowest BCUT2D eigenvalue weighted by Gasteiger charge is -2.22. The molecule has 0 aliphatic heterocycles. The van der Waals surface area contributed by atoms with Gasteiger partial charge in [0.05, 0.1) is 6.54 Å². The van der Waals surface area contributed by atoms with E-state index in [9.17, 15) is 9.18 Å². The van der Waals surface area contributed by atoms with Gasteiger partial charge in [-0.3, -0.25) is 9.69 Å². The molecule has 106 valence electrons. The van der Waals surface area contributed by atoms with Crippen molar-refractivity contribution in [3.05, 3.63) is 35.1 Å². The van der Waals surface area contributed by atoms with Crippen LogP contribution in [0.1, 0.15) is 18.1 Å². The third-order valence-corrected chi connectivity index (χ3v) is 2.96. The Bertz CT molecular complexity index is 435. The minimum Gasteiger partial charge on any atom is -0.348 e. The quantitative estimate of drug-likeness (QED) is 0.842. The van der Waals surface area contributed by atoms with Gasteiger partial charge < -0.3 is 10.6 Å². The molecule has 0 aliphatic carbocycles. The molecule has 0 atom stereocenters. The number of nitrogens with two attached hydrogens (primary N) is 1. The molecule has 0 aliphatic rings. The largest absolute Gasteiger partial charge is 0.348 e. The molecule has 1 rings (SSSR count). The Balaban J connectivity index is 2.75. The maximum absolute atomic E-state index is 13.4. The van der Waals surface area contributed by atoms with Crippen molar-refractivity contribution >= 4 is 5.91 Å². The molecule has 0 saturated carbocycles. The molecule has 1 amide bonds. The lowest BCUT2D eigenvalue weighted by molar-refractivity contribution is -0.130. The van der Waals surface area contributed by atoms with Gasteiger partial charge in [0.2, 0.25) is 5.91 Å². The number of likely N-dealkylation sites (N-methyl/N-ethyl adjacent to an activating group) is 2. The molecule has 0 unspecified atom stereocenters. The van der Waals surface area contributed by atoms with Crippen LogP contribution in [-0.4, -0.2) is 42.9 Å². The van der Waals surface area contributed by atoms with E-state index in [4.69, 9.17) is 5.73 Å². The number of halogens is 1. The lowest BCUT2D eigenvalue weighted by Crippen LogP contribution is -2.36. The number of hydrogen-bond acceptors (Lipinski definition) is 3. The van der Waals surface area contributed by atoms with Gasteiger partial charge in [-0.05, 0) is 29.8 Å². The molecule has 0 fully saturated rings. The maximum Gasteiger partial charge on any atom is 0.236 e. The first-order chi connectivity index (χ1) is 8.96. The maximum atomic E-state index is 13.4. The van der Waals surface area contributed by atoms with Gasteiger partial charge in [0.15, 0.2) is 0 Å². The molecular weight excluding hydrogens is 245 g/mol. The highest BCUT2D eigenvalue weighted by Gasteiger charge is 2.12. The molecule has 2 N–H and O–H groups in total. The van der Waals surface area contributed by atoms with Crippen molar-refractivity contribution in [2.45, 2.75) is 20.0 Å². The summed E-state index contributed by atoms with van der Waals surface area (Å²) in [5.41, 5.74) is 7.14. The Labute approximate surface area is 114 Å². The van der Waals surface area contributed by atoms with E-state index >= 15 is 0 Å². The molecule has 19 heavy (non-hydrogen) atoms. The highest BCUT2D eigenvalue weighted by Crippen LogP contribution is 2.11. The molecule has 0 radical (unpaired) electrons. The molecule has 0 saturated heterocycles. The predicted octanol–water partition coefficient (Wildman–Crippen LogP) is 1.19. The van der Waals surface area contributed by atoms with E-state index < -0.39 is 0 Å². The minimum absolute atomic E-state index is 0.0392. The number of carbonyl (C=O) groups is 1. The molecule has 4 nitrogen and oxygen atoms in total. The molecule has 1 aromatic carbocycles. The van der Waals surface area contributed by atoms with Crippen LogP contribution in [0.25, 0.3) is 0 Å². The van der Waals surface area contributed by atoms with Gasteiger partial charge in [0.25, 0.3) is 0 Å². The van der Waals surface area contributed by atoms with Gasteiger partial charge in [-0.1, -0.05) is 13.0 Å². The first kappa shape index (κ1) is 15.6. The zero-order valence-corrected chi connectivity index (χ0v) is 11.8. The number of amides is 1. The van der Waals surface area contributed by atoms with Crippen LogP contribution in [0.5, 0.6) is 0 Å². The van der Waals surface area contributed by atoms with E-state index in [2.05, 4.69) is 0 Å². The zero-order valence-electron chi connectivity index (χ0n) is 11.8. The lowest BCUT2D eigenvalue weighted by atomic mass is 10.1. The van der Waals surface area contributed by atoms with Crippen molar-refractivity contribution in [3.63, 3.8) is 0 Å². The van der Waals surface area contributed by atoms with E-state index in [1.807, 2.05) is 17.9 Å². The standard InChI is InChI=1S/C14H22FN3O/c1-4-18(10-14(19)17(2)3)9-12-5-11(8-16)6-13(15)7-12/h5-7H,4,8-10,16H2,1-3H3. The molecule has 5 heteroatoms. The van der Waals surface area contributed by atoms with Crippen LogP contribution in [0.4, 0.5) is 4.39 Å². The van der Waals surface area contributed by atoms with Crippen molar-refractivity contribution in [1.29, 1.82) is 0 Å². The first-order valence-electron chi connectivity index (χ1n) is 6.37. The van der Waals surface area contributed by atoms with Gasteiger partial charge >= 0.3 is 0 Å². The number of nitrogens with zero attached hydrogens (tertiary/aromatic N) is 2. The SMILES string of the molecule is CCN(CC(=O)N(C)C)Cc1cc(F)cc(CN)c1. The Hall–Kier alpha value is -1.46. The third kappa shape index (κ3) is 4.96. The van der Waals surface area contributed by atoms with Crippen LogP contribution in [0, 0.1) is 5.82 Å². The summed E-state index contributed by atoms with van der Waals surface area (Å²) in [4.78, 5) is 15.2. The molecule has 0 heterocycles. The van der Waals surface area contributed by atoms with E-state index in [0.29, 0.717) is 19.6 Å². The van der Waals surface area contributed by atoms with E-state index in [1.54, 1.807) is 19.0 Å². The van der Waals surface area contributed by atoms with Crippen LogP contribution >= 0.6 is 0 Å². The second-order valence-corrected chi connectivity index (χ2v) is 4.76. The zero-order chi connectivity index (χ0) is 14.4. The number of rotatable bonds is 6. The summed E-state index contributed by atoms with van der Waals surface area (Å²) in [5.74, 6) is -0.245. The minimum atomic E-state index is -0.284. The van der Waals surface area contributed by atoms with E-state index in [-0.39, 0.29) is 11.7 Å². The first-order valence-corrected chi connectivity index (χ1v) is 6.37. The Morgan fingerprint density at radius 2 is 1.89 bits per heavy atom. The average Bonchev–Trinajstić information content (AvgIpc) is 2.36. The summed E-state index contributed by atoms with van der Waals surface area (Å²) in [6, 6.07) is 4.80. The molecule has 1 aromatic rings. The van der Waals surface area contributed by atoms with Crippen molar-refractivity contribution in [3.8, 4) is 0 Å². The average molecular weight is 267 g/mol. The van der Waals surface area contributed by atoms with Crippen LogP contribution in [-0.2, 0) is 17.9 Å². The van der Waals surface area contributed by atoms with Crippen molar-refractivity contribution in [2.75, 3.05) is 27.2 Å². The summed E-state index contributed by atoms with van der Waals surface area (Å²) in [6.07, 6.45) is 0. The second-order valence-electron chi connectivity index (χ2n) is 4.76. The van der Waals surface area contributed by atoms with Crippen LogP contribution in [0.3, 0.4) is 0 Å². The Kier molecular flexibility index (Phi) is 5.92.